The van der Waals surface area contributed by atoms with Crippen LogP contribution in [0.3, 0.4) is 0 Å². The van der Waals surface area contributed by atoms with Gasteiger partial charge in [0, 0.05) is 18.4 Å². The molecular formula is C13H18N4. The van der Waals surface area contributed by atoms with Gasteiger partial charge >= 0.3 is 0 Å². The summed E-state index contributed by atoms with van der Waals surface area (Å²) >= 11 is 0. The molecule has 0 spiro atoms. The Morgan fingerprint density at radius 2 is 2.12 bits per heavy atom. The van der Waals surface area contributed by atoms with Crippen LogP contribution in [-0.4, -0.2) is 14.8 Å². The van der Waals surface area contributed by atoms with Gasteiger partial charge in [0.1, 0.15) is 5.82 Å². The Kier molecular flexibility index (Phi) is 3.42. The van der Waals surface area contributed by atoms with E-state index in [1.807, 2.05) is 23.0 Å². The molecule has 0 aromatic carbocycles. The molecule has 2 rings (SSSR count). The van der Waals surface area contributed by atoms with E-state index < -0.39 is 0 Å². The number of hydrogen-bond donors (Lipinski definition) is 1. The van der Waals surface area contributed by atoms with Crippen molar-refractivity contribution in [3.8, 4) is 0 Å². The van der Waals surface area contributed by atoms with Crippen molar-refractivity contribution in [1.82, 2.24) is 14.8 Å². The van der Waals surface area contributed by atoms with Crippen LogP contribution in [0.1, 0.15) is 31.1 Å². The zero-order valence-electron chi connectivity index (χ0n) is 10.3. The van der Waals surface area contributed by atoms with Crippen molar-refractivity contribution in [2.75, 3.05) is 5.73 Å². The third kappa shape index (κ3) is 3.06. The normalized spacial score (nSPS) is 11.0. The molecule has 90 valence electrons. The molecule has 17 heavy (non-hydrogen) atoms. The maximum absolute atomic E-state index is 5.64. The second-order valence-electron chi connectivity index (χ2n) is 4.47. The molecule has 0 aliphatic heterocycles. The third-order valence-corrected chi connectivity index (χ3v) is 2.71. The smallest absolute Gasteiger partial charge is 0.123 e. The predicted octanol–water partition coefficient (Wildman–Crippen LogP) is 2.23. The number of hydrogen-bond acceptors (Lipinski definition) is 3. The molecule has 2 aromatic heterocycles. The molecule has 0 bridgehead atoms. The summed E-state index contributed by atoms with van der Waals surface area (Å²) in [7, 11) is 0. The van der Waals surface area contributed by atoms with Crippen LogP contribution < -0.4 is 5.73 Å². The van der Waals surface area contributed by atoms with Crippen LogP contribution in [0.2, 0.25) is 0 Å². The summed E-state index contributed by atoms with van der Waals surface area (Å²) in [6, 6.07) is 6.40. The number of nitrogens with two attached hydrogens (primary N) is 1. The van der Waals surface area contributed by atoms with Crippen molar-refractivity contribution in [3.05, 3.63) is 41.9 Å². The number of aromatic nitrogens is 3. The maximum Gasteiger partial charge on any atom is 0.123 e. The first kappa shape index (κ1) is 11.6. The highest BCUT2D eigenvalue weighted by Crippen LogP contribution is 2.09. The highest BCUT2D eigenvalue weighted by molar-refractivity contribution is 5.32. The molecule has 0 amide bonds. The highest BCUT2D eigenvalue weighted by Gasteiger charge is 2.02. The molecule has 0 saturated carbocycles. The summed E-state index contributed by atoms with van der Waals surface area (Å²) < 4.78 is 1.98. The first-order valence-corrected chi connectivity index (χ1v) is 5.89. The zero-order valence-corrected chi connectivity index (χ0v) is 10.3. The Balaban J connectivity index is 1.97. The van der Waals surface area contributed by atoms with E-state index in [1.54, 1.807) is 6.20 Å². The lowest BCUT2D eigenvalue weighted by molar-refractivity contribution is 0.526. The van der Waals surface area contributed by atoms with Gasteiger partial charge in [-0.25, -0.2) is 4.98 Å². The van der Waals surface area contributed by atoms with E-state index in [0.717, 1.165) is 18.5 Å². The van der Waals surface area contributed by atoms with Crippen molar-refractivity contribution in [1.29, 1.82) is 0 Å². The van der Waals surface area contributed by atoms with Crippen molar-refractivity contribution >= 4 is 5.82 Å². The molecule has 4 nitrogen and oxygen atoms in total. The summed E-state index contributed by atoms with van der Waals surface area (Å²) in [5, 5.41) is 4.52. The van der Waals surface area contributed by atoms with Gasteiger partial charge in [0.25, 0.3) is 0 Å². The minimum absolute atomic E-state index is 0.417. The molecule has 2 heterocycles. The van der Waals surface area contributed by atoms with Crippen molar-refractivity contribution in [2.45, 2.75) is 32.7 Å². The fourth-order valence-corrected chi connectivity index (χ4v) is 1.72. The zero-order chi connectivity index (χ0) is 12.3. The van der Waals surface area contributed by atoms with Gasteiger partial charge in [0.15, 0.2) is 0 Å². The fourth-order valence-electron chi connectivity index (χ4n) is 1.72. The average molecular weight is 230 g/mol. The monoisotopic (exact) mass is 230 g/mol. The standard InChI is InChI=1S/C13H18N4/c1-10(2)17-8-6-12(16-17)4-3-11-5-7-15-13(14)9-11/h5-10H,3-4H2,1-2H3,(H2,14,15). The number of nitrogen functional groups attached to an aromatic ring is 1. The van der Waals surface area contributed by atoms with Crippen LogP contribution in [0.5, 0.6) is 0 Å². The van der Waals surface area contributed by atoms with E-state index in [0.29, 0.717) is 11.9 Å². The number of pyridine rings is 1. The van der Waals surface area contributed by atoms with Gasteiger partial charge in [-0.2, -0.15) is 5.10 Å². The third-order valence-electron chi connectivity index (χ3n) is 2.71. The molecule has 2 aromatic rings. The Labute approximate surface area is 101 Å². The molecule has 0 atom stereocenters. The van der Waals surface area contributed by atoms with Crippen molar-refractivity contribution in [2.24, 2.45) is 0 Å². The Morgan fingerprint density at radius 3 is 2.76 bits per heavy atom. The van der Waals surface area contributed by atoms with Crippen molar-refractivity contribution < 1.29 is 0 Å². The SMILES string of the molecule is CC(C)n1ccc(CCc2ccnc(N)c2)n1. The summed E-state index contributed by atoms with van der Waals surface area (Å²) in [5.41, 5.74) is 7.97. The lowest BCUT2D eigenvalue weighted by atomic mass is 10.1. The van der Waals surface area contributed by atoms with Gasteiger partial charge in [0.05, 0.1) is 5.69 Å². The summed E-state index contributed by atoms with van der Waals surface area (Å²) in [6.45, 7) is 4.25. The van der Waals surface area contributed by atoms with Gasteiger partial charge < -0.3 is 5.73 Å². The minimum atomic E-state index is 0.417. The summed E-state index contributed by atoms with van der Waals surface area (Å²) in [4.78, 5) is 3.98. The molecule has 0 fully saturated rings. The van der Waals surface area contributed by atoms with E-state index >= 15 is 0 Å². The second-order valence-corrected chi connectivity index (χ2v) is 4.47. The average Bonchev–Trinajstić information content (AvgIpc) is 2.75. The van der Waals surface area contributed by atoms with E-state index in [-0.39, 0.29) is 0 Å². The quantitative estimate of drug-likeness (QED) is 0.876. The van der Waals surface area contributed by atoms with Crippen molar-refractivity contribution in [3.63, 3.8) is 0 Å². The first-order chi connectivity index (χ1) is 8.15. The Bertz CT molecular complexity index is 488. The summed E-state index contributed by atoms with van der Waals surface area (Å²) in [6.07, 6.45) is 5.66. The molecule has 2 N–H and O–H groups in total. The topological polar surface area (TPSA) is 56.7 Å². The highest BCUT2D eigenvalue weighted by atomic mass is 15.3. The number of aryl methyl sites for hydroxylation is 2. The lowest BCUT2D eigenvalue weighted by Crippen LogP contribution is -2.02. The maximum atomic E-state index is 5.64. The Hall–Kier alpha value is -1.84. The van der Waals surface area contributed by atoms with E-state index in [2.05, 4.69) is 30.0 Å². The first-order valence-electron chi connectivity index (χ1n) is 5.89. The van der Waals surface area contributed by atoms with Gasteiger partial charge in [-0.05, 0) is 50.5 Å². The number of rotatable bonds is 4. The fraction of sp³-hybridized carbons (Fsp3) is 0.385. The molecule has 0 saturated heterocycles. The molecule has 0 unspecified atom stereocenters. The molecule has 0 aliphatic carbocycles. The molecule has 0 radical (unpaired) electrons. The minimum Gasteiger partial charge on any atom is -0.384 e. The van der Waals surface area contributed by atoms with Gasteiger partial charge in [0.2, 0.25) is 0 Å². The lowest BCUT2D eigenvalue weighted by Gasteiger charge is -2.04. The van der Waals surface area contributed by atoms with Crippen LogP contribution in [0.25, 0.3) is 0 Å². The van der Waals surface area contributed by atoms with Gasteiger partial charge in [-0.15, -0.1) is 0 Å². The predicted molar refractivity (Wildman–Crippen MR) is 68.7 cm³/mol. The van der Waals surface area contributed by atoms with Crippen LogP contribution in [-0.2, 0) is 12.8 Å². The van der Waals surface area contributed by atoms with Gasteiger partial charge in [-0.1, -0.05) is 0 Å². The van der Waals surface area contributed by atoms with E-state index in [1.165, 1.54) is 5.56 Å². The molecule has 0 aliphatic rings. The van der Waals surface area contributed by atoms with E-state index in [4.69, 9.17) is 5.73 Å². The van der Waals surface area contributed by atoms with Gasteiger partial charge in [-0.3, -0.25) is 4.68 Å². The summed E-state index contributed by atoms with van der Waals surface area (Å²) in [5.74, 6) is 0.579. The Morgan fingerprint density at radius 1 is 1.29 bits per heavy atom. The molecule has 4 heteroatoms. The number of nitrogens with zero attached hydrogens (tertiary/aromatic N) is 3. The molecular weight excluding hydrogens is 212 g/mol. The largest absolute Gasteiger partial charge is 0.384 e. The van der Waals surface area contributed by atoms with Crippen LogP contribution in [0, 0.1) is 0 Å². The number of anilines is 1. The van der Waals surface area contributed by atoms with Crippen LogP contribution in [0.15, 0.2) is 30.6 Å². The van der Waals surface area contributed by atoms with Crippen LogP contribution in [0.4, 0.5) is 5.82 Å². The second kappa shape index (κ2) is 4.99. The van der Waals surface area contributed by atoms with E-state index in [9.17, 15) is 0 Å². The van der Waals surface area contributed by atoms with Crippen LogP contribution >= 0.6 is 0 Å².